The van der Waals surface area contributed by atoms with Crippen LogP contribution in [-0.4, -0.2) is 48.6 Å². The van der Waals surface area contributed by atoms with E-state index in [1.807, 2.05) is 0 Å². The van der Waals surface area contributed by atoms with Crippen molar-refractivity contribution in [1.82, 2.24) is 0 Å². The summed E-state index contributed by atoms with van der Waals surface area (Å²) in [6.07, 6.45) is -18.5. The Labute approximate surface area is 160 Å². The topological polar surface area (TPSA) is 78.9 Å². The van der Waals surface area contributed by atoms with Gasteiger partial charge in [0.1, 0.15) is 12.2 Å². The molecule has 164 valence electrons. The Morgan fingerprint density at radius 2 is 1.66 bits per heavy atom. The SMILES string of the molecule is CC(C)(C)C(=O)OC1C2CC3C1OC(=O)C3(C(=O)OC(C(F)(F)F)C(F)(F)F)C2. The monoisotopic (exact) mass is 432 g/mol. The van der Waals surface area contributed by atoms with Gasteiger partial charge < -0.3 is 14.2 Å². The maximum atomic E-state index is 12.7. The number of fused-ring (bicyclic) bond motifs is 1. The average molecular weight is 432 g/mol. The number of hydrogen-bond acceptors (Lipinski definition) is 6. The summed E-state index contributed by atoms with van der Waals surface area (Å²) < 4.78 is 90.6. The van der Waals surface area contributed by atoms with Crippen molar-refractivity contribution in [3.05, 3.63) is 0 Å². The third-order valence-corrected chi connectivity index (χ3v) is 5.61. The maximum Gasteiger partial charge on any atom is 0.434 e. The quantitative estimate of drug-likeness (QED) is 0.295. The lowest BCUT2D eigenvalue weighted by atomic mass is 9.73. The minimum Gasteiger partial charge on any atom is -0.458 e. The summed E-state index contributed by atoms with van der Waals surface area (Å²) in [6, 6.07) is 0. The van der Waals surface area contributed by atoms with Gasteiger partial charge in [-0.1, -0.05) is 0 Å². The third kappa shape index (κ3) is 3.33. The summed E-state index contributed by atoms with van der Waals surface area (Å²) in [5.41, 5.74) is -3.14. The van der Waals surface area contributed by atoms with Gasteiger partial charge in [0.25, 0.3) is 6.10 Å². The molecule has 0 aromatic heterocycles. The number of esters is 3. The minimum absolute atomic E-state index is 0.0797. The van der Waals surface area contributed by atoms with Crippen molar-refractivity contribution in [2.24, 2.45) is 22.7 Å². The standard InChI is InChI=1S/C17H18F6O6/c1-14(2,3)11(24)27-8-6-4-7-9(8)28-12(25)15(7,5-6)13(26)29-10(16(18,19)20)17(21,22)23/h6-10H,4-5H2,1-3H3. The molecule has 3 aliphatic rings. The zero-order valence-electron chi connectivity index (χ0n) is 15.5. The first kappa shape index (κ1) is 21.7. The largest absolute Gasteiger partial charge is 0.458 e. The van der Waals surface area contributed by atoms with Crippen LogP contribution < -0.4 is 0 Å². The molecule has 29 heavy (non-hydrogen) atoms. The third-order valence-electron chi connectivity index (χ3n) is 5.61. The van der Waals surface area contributed by atoms with Crippen molar-refractivity contribution in [2.75, 3.05) is 0 Å². The molecule has 2 bridgehead atoms. The van der Waals surface area contributed by atoms with Gasteiger partial charge >= 0.3 is 30.3 Å². The molecule has 5 unspecified atom stereocenters. The molecule has 3 rings (SSSR count). The molecule has 6 nitrogen and oxygen atoms in total. The first-order valence-corrected chi connectivity index (χ1v) is 8.76. The summed E-state index contributed by atoms with van der Waals surface area (Å²) in [5.74, 6) is -5.42. The Balaban J connectivity index is 1.82. The molecular weight excluding hydrogens is 414 g/mol. The number of halogens is 6. The zero-order valence-corrected chi connectivity index (χ0v) is 15.5. The smallest absolute Gasteiger partial charge is 0.434 e. The molecule has 5 atom stereocenters. The lowest BCUT2D eigenvalue weighted by molar-refractivity contribution is -0.315. The van der Waals surface area contributed by atoms with Gasteiger partial charge in [0, 0.05) is 11.8 Å². The van der Waals surface area contributed by atoms with E-state index < -0.39 is 77.7 Å². The molecular formula is C17H18F6O6. The summed E-state index contributed by atoms with van der Waals surface area (Å²) in [5, 5.41) is 0. The van der Waals surface area contributed by atoms with Crippen LogP contribution in [0.25, 0.3) is 0 Å². The van der Waals surface area contributed by atoms with Crippen molar-refractivity contribution < 1.29 is 54.9 Å². The van der Waals surface area contributed by atoms with Gasteiger partial charge in [-0.2, -0.15) is 26.3 Å². The molecule has 3 fully saturated rings. The fourth-order valence-electron chi connectivity index (χ4n) is 4.26. The number of hydrogen-bond donors (Lipinski definition) is 0. The molecule has 12 heteroatoms. The number of carbonyl (C=O) groups excluding carboxylic acids is 3. The molecule has 0 radical (unpaired) electrons. The second-order valence-corrected chi connectivity index (χ2v) is 8.64. The van der Waals surface area contributed by atoms with Crippen LogP contribution in [0.5, 0.6) is 0 Å². The van der Waals surface area contributed by atoms with Crippen molar-refractivity contribution in [2.45, 2.75) is 64.3 Å². The van der Waals surface area contributed by atoms with E-state index in [-0.39, 0.29) is 6.42 Å². The van der Waals surface area contributed by atoms with Crippen molar-refractivity contribution in [3.8, 4) is 0 Å². The van der Waals surface area contributed by atoms with Crippen LogP contribution in [0.3, 0.4) is 0 Å². The Morgan fingerprint density at radius 1 is 1.10 bits per heavy atom. The van der Waals surface area contributed by atoms with Crippen LogP contribution in [0.1, 0.15) is 33.6 Å². The second kappa shape index (κ2) is 6.24. The minimum atomic E-state index is -5.89. The highest BCUT2D eigenvalue weighted by atomic mass is 19.4. The van der Waals surface area contributed by atoms with Crippen LogP contribution in [0, 0.1) is 22.7 Å². The van der Waals surface area contributed by atoms with Crippen molar-refractivity contribution in [1.29, 1.82) is 0 Å². The molecule has 2 saturated carbocycles. The summed E-state index contributed by atoms with van der Waals surface area (Å²) in [7, 11) is 0. The Hall–Kier alpha value is -2.01. The van der Waals surface area contributed by atoms with Crippen molar-refractivity contribution >= 4 is 17.9 Å². The van der Waals surface area contributed by atoms with E-state index in [1.165, 1.54) is 0 Å². The summed E-state index contributed by atoms with van der Waals surface area (Å²) in [4.78, 5) is 36.9. The van der Waals surface area contributed by atoms with Gasteiger partial charge in [-0.3, -0.25) is 14.4 Å². The summed E-state index contributed by atoms with van der Waals surface area (Å²) in [6.45, 7) is 4.75. The fraction of sp³-hybridized carbons (Fsp3) is 0.824. The lowest BCUT2D eigenvalue weighted by Gasteiger charge is -2.33. The highest BCUT2D eigenvalue weighted by Gasteiger charge is 2.76. The van der Waals surface area contributed by atoms with E-state index in [1.54, 1.807) is 20.8 Å². The van der Waals surface area contributed by atoms with Crippen molar-refractivity contribution in [3.63, 3.8) is 0 Å². The van der Waals surface area contributed by atoms with E-state index in [9.17, 15) is 40.7 Å². The predicted molar refractivity (Wildman–Crippen MR) is 79.9 cm³/mol. The molecule has 1 aliphatic heterocycles. The zero-order chi connectivity index (χ0) is 22.2. The van der Waals surface area contributed by atoms with E-state index in [2.05, 4.69) is 4.74 Å². The molecule has 0 spiro atoms. The van der Waals surface area contributed by atoms with E-state index in [4.69, 9.17) is 9.47 Å². The first-order valence-electron chi connectivity index (χ1n) is 8.76. The van der Waals surface area contributed by atoms with Gasteiger partial charge in [0.2, 0.25) is 0 Å². The van der Waals surface area contributed by atoms with Crippen LogP contribution >= 0.6 is 0 Å². The van der Waals surface area contributed by atoms with Crippen LogP contribution in [0.15, 0.2) is 0 Å². The number of ether oxygens (including phenoxy) is 3. The molecule has 0 aromatic carbocycles. The maximum absolute atomic E-state index is 12.7. The fourth-order valence-corrected chi connectivity index (χ4v) is 4.26. The van der Waals surface area contributed by atoms with Crippen LogP contribution in [0.4, 0.5) is 26.3 Å². The van der Waals surface area contributed by atoms with Gasteiger partial charge in [0.05, 0.1) is 5.41 Å². The van der Waals surface area contributed by atoms with Gasteiger partial charge in [0.15, 0.2) is 5.41 Å². The number of rotatable bonds is 3. The number of carbonyl (C=O) groups is 3. The van der Waals surface area contributed by atoms with Gasteiger partial charge in [-0.15, -0.1) is 0 Å². The second-order valence-electron chi connectivity index (χ2n) is 8.64. The van der Waals surface area contributed by atoms with Gasteiger partial charge in [-0.05, 0) is 33.6 Å². The molecule has 1 saturated heterocycles. The highest BCUT2D eigenvalue weighted by Crippen LogP contribution is 2.63. The molecule has 0 aromatic rings. The highest BCUT2D eigenvalue weighted by molar-refractivity contribution is 6.03. The summed E-state index contributed by atoms with van der Waals surface area (Å²) >= 11 is 0. The normalized spacial score (nSPS) is 33.8. The lowest BCUT2D eigenvalue weighted by Crippen LogP contribution is -2.51. The van der Waals surface area contributed by atoms with Crippen LogP contribution in [0.2, 0.25) is 0 Å². The molecule has 0 amide bonds. The number of alkyl halides is 6. The van der Waals surface area contributed by atoms with E-state index in [0.717, 1.165) is 0 Å². The van der Waals surface area contributed by atoms with E-state index in [0.29, 0.717) is 0 Å². The molecule has 0 N–H and O–H groups in total. The predicted octanol–water partition coefficient (Wildman–Crippen LogP) is 2.93. The molecule has 1 heterocycles. The van der Waals surface area contributed by atoms with E-state index >= 15 is 0 Å². The molecule has 2 aliphatic carbocycles. The average Bonchev–Trinajstić information content (AvgIpc) is 3.11. The Morgan fingerprint density at radius 3 is 2.14 bits per heavy atom. The van der Waals surface area contributed by atoms with Gasteiger partial charge in [-0.25, -0.2) is 0 Å². The Kier molecular flexibility index (Phi) is 4.67. The Bertz CT molecular complexity index is 724. The van der Waals surface area contributed by atoms with Crippen LogP contribution in [-0.2, 0) is 28.6 Å². The first-order chi connectivity index (χ1) is 13.0.